The Morgan fingerprint density at radius 1 is 1.47 bits per heavy atom. The number of allylic oxidation sites excluding steroid dienone is 1. The standard InChI is InChI=1S/C12H20N2O3/c1-3-4-5-6-13-12(17)14-7-9(2)10(8-14)11(15)16/h3-4,9-10H,5-8H2,1-2H3,(H,13,17)(H,15,16)/b4-3+/t9-,10-/m1/s1. The maximum atomic E-state index is 11.7. The van der Waals surface area contributed by atoms with Gasteiger partial charge in [-0.25, -0.2) is 4.79 Å². The van der Waals surface area contributed by atoms with E-state index in [0.717, 1.165) is 6.42 Å². The number of carbonyl (C=O) groups excluding carboxylic acids is 1. The van der Waals surface area contributed by atoms with Crippen molar-refractivity contribution in [2.45, 2.75) is 20.3 Å². The summed E-state index contributed by atoms with van der Waals surface area (Å²) in [4.78, 5) is 24.2. The number of hydrogen-bond donors (Lipinski definition) is 2. The fraction of sp³-hybridized carbons (Fsp3) is 0.667. The van der Waals surface area contributed by atoms with Gasteiger partial charge in [0.1, 0.15) is 0 Å². The van der Waals surface area contributed by atoms with Gasteiger partial charge < -0.3 is 15.3 Å². The minimum Gasteiger partial charge on any atom is -0.481 e. The summed E-state index contributed by atoms with van der Waals surface area (Å²) in [5, 5.41) is 11.7. The first kappa shape index (κ1) is 13.5. The van der Waals surface area contributed by atoms with Crippen LogP contribution in [0.2, 0.25) is 0 Å². The monoisotopic (exact) mass is 240 g/mol. The number of carboxylic acids is 1. The number of nitrogens with zero attached hydrogens (tertiary/aromatic N) is 1. The smallest absolute Gasteiger partial charge is 0.317 e. The molecule has 17 heavy (non-hydrogen) atoms. The second kappa shape index (κ2) is 6.27. The van der Waals surface area contributed by atoms with Gasteiger partial charge in [-0.2, -0.15) is 0 Å². The fourth-order valence-corrected chi connectivity index (χ4v) is 1.99. The van der Waals surface area contributed by atoms with Crippen molar-refractivity contribution in [1.29, 1.82) is 0 Å². The molecule has 96 valence electrons. The maximum Gasteiger partial charge on any atom is 0.317 e. The Balaban J connectivity index is 2.37. The lowest BCUT2D eigenvalue weighted by molar-refractivity contribution is -0.142. The number of rotatable bonds is 4. The molecule has 1 saturated heterocycles. The highest BCUT2D eigenvalue weighted by molar-refractivity contribution is 5.77. The summed E-state index contributed by atoms with van der Waals surface area (Å²) in [6.45, 7) is 5.22. The lowest BCUT2D eigenvalue weighted by Crippen LogP contribution is -2.39. The third-order valence-electron chi connectivity index (χ3n) is 3.04. The molecule has 1 aliphatic heterocycles. The van der Waals surface area contributed by atoms with Crippen LogP contribution in [0.4, 0.5) is 4.79 Å². The Morgan fingerprint density at radius 2 is 2.18 bits per heavy atom. The van der Waals surface area contributed by atoms with E-state index in [0.29, 0.717) is 19.6 Å². The molecule has 0 aromatic carbocycles. The summed E-state index contributed by atoms with van der Waals surface area (Å²) in [7, 11) is 0. The number of likely N-dealkylation sites (tertiary alicyclic amines) is 1. The normalized spacial score (nSPS) is 24.2. The van der Waals surface area contributed by atoms with Gasteiger partial charge >= 0.3 is 12.0 Å². The molecule has 0 spiro atoms. The van der Waals surface area contributed by atoms with E-state index in [-0.39, 0.29) is 11.9 Å². The Morgan fingerprint density at radius 3 is 2.71 bits per heavy atom. The predicted molar refractivity (Wildman–Crippen MR) is 64.7 cm³/mol. The van der Waals surface area contributed by atoms with E-state index in [1.807, 2.05) is 26.0 Å². The van der Waals surface area contributed by atoms with Gasteiger partial charge in [0.05, 0.1) is 5.92 Å². The van der Waals surface area contributed by atoms with Crippen molar-refractivity contribution in [1.82, 2.24) is 10.2 Å². The average molecular weight is 240 g/mol. The van der Waals surface area contributed by atoms with Gasteiger partial charge in [-0.05, 0) is 19.3 Å². The Kier molecular flexibility index (Phi) is 5.00. The van der Waals surface area contributed by atoms with E-state index < -0.39 is 11.9 Å². The highest BCUT2D eigenvalue weighted by atomic mass is 16.4. The Bertz CT molecular complexity index is 315. The topological polar surface area (TPSA) is 69.6 Å². The molecule has 1 fully saturated rings. The van der Waals surface area contributed by atoms with Gasteiger partial charge in [0.2, 0.25) is 0 Å². The lowest BCUT2D eigenvalue weighted by Gasteiger charge is -2.16. The van der Waals surface area contributed by atoms with E-state index in [2.05, 4.69) is 5.32 Å². The van der Waals surface area contributed by atoms with E-state index in [4.69, 9.17) is 5.11 Å². The molecule has 1 rings (SSSR count). The van der Waals surface area contributed by atoms with Crippen LogP contribution in [0.1, 0.15) is 20.3 Å². The molecule has 0 unspecified atom stereocenters. The van der Waals surface area contributed by atoms with Crippen LogP contribution in [-0.2, 0) is 4.79 Å². The minimum atomic E-state index is -0.818. The molecular weight excluding hydrogens is 220 g/mol. The molecule has 5 nitrogen and oxygen atoms in total. The Hall–Kier alpha value is -1.52. The van der Waals surface area contributed by atoms with Crippen LogP contribution in [0.5, 0.6) is 0 Å². The van der Waals surface area contributed by atoms with Crippen molar-refractivity contribution >= 4 is 12.0 Å². The van der Waals surface area contributed by atoms with E-state index in [9.17, 15) is 9.59 Å². The molecular formula is C12H20N2O3. The molecule has 2 N–H and O–H groups in total. The largest absolute Gasteiger partial charge is 0.481 e. The van der Waals surface area contributed by atoms with Gasteiger partial charge in [-0.3, -0.25) is 4.79 Å². The first-order valence-electron chi connectivity index (χ1n) is 5.93. The number of urea groups is 1. The number of carbonyl (C=O) groups is 2. The van der Waals surface area contributed by atoms with Gasteiger partial charge in [0.15, 0.2) is 0 Å². The van der Waals surface area contributed by atoms with Crippen LogP contribution in [0, 0.1) is 11.8 Å². The highest BCUT2D eigenvalue weighted by Gasteiger charge is 2.36. The summed E-state index contributed by atoms with van der Waals surface area (Å²) in [5.74, 6) is -1.23. The van der Waals surface area contributed by atoms with Crippen molar-refractivity contribution in [3.8, 4) is 0 Å². The first-order chi connectivity index (χ1) is 8.06. The average Bonchev–Trinajstić information content (AvgIpc) is 2.66. The van der Waals surface area contributed by atoms with E-state index in [1.165, 1.54) is 0 Å². The Labute approximate surface area is 101 Å². The molecule has 0 radical (unpaired) electrons. The first-order valence-corrected chi connectivity index (χ1v) is 5.93. The second-order valence-electron chi connectivity index (χ2n) is 4.42. The summed E-state index contributed by atoms with van der Waals surface area (Å²) in [6.07, 6.45) is 4.71. The summed E-state index contributed by atoms with van der Waals surface area (Å²) >= 11 is 0. The molecule has 0 aromatic rings. The molecule has 2 atom stereocenters. The molecule has 1 aliphatic rings. The fourth-order valence-electron chi connectivity index (χ4n) is 1.99. The SMILES string of the molecule is C/C=C/CCNC(=O)N1C[C@@H](C)[C@H](C(=O)O)C1. The maximum absolute atomic E-state index is 11.7. The molecule has 0 saturated carbocycles. The van der Waals surface area contributed by atoms with Crippen molar-refractivity contribution in [3.05, 3.63) is 12.2 Å². The molecule has 1 heterocycles. The van der Waals surface area contributed by atoms with Crippen molar-refractivity contribution in [3.63, 3.8) is 0 Å². The third-order valence-corrected chi connectivity index (χ3v) is 3.04. The number of hydrogen-bond acceptors (Lipinski definition) is 2. The summed E-state index contributed by atoms with van der Waals surface area (Å²) < 4.78 is 0. The number of carboxylic acid groups (broad SMARTS) is 1. The predicted octanol–water partition coefficient (Wildman–Crippen LogP) is 1.31. The van der Waals surface area contributed by atoms with E-state index in [1.54, 1.807) is 4.90 Å². The van der Waals surface area contributed by atoms with Crippen LogP contribution in [0.15, 0.2) is 12.2 Å². The lowest BCUT2D eigenvalue weighted by atomic mass is 9.99. The second-order valence-corrected chi connectivity index (χ2v) is 4.42. The molecule has 0 aliphatic carbocycles. The van der Waals surface area contributed by atoms with Gasteiger partial charge in [0, 0.05) is 19.6 Å². The zero-order valence-corrected chi connectivity index (χ0v) is 10.3. The molecule has 0 aromatic heterocycles. The van der Waals surface area contributed by atoms with Crippen LogP contribution in [-0.4, -0.2) is 41.6 Å². The molecule has 0 bridgehead atoms. The van der Waals surface area contributed by atoms with Gasteiger partial charge in [0.25, 0.3) is 0 Å². The van der Waals surface area contributed by atoms with Crippen LogP contribution in [0.25, 0.3) is 0 Å². The van der Waals surface area contributed by atoms with Crippen molar-refractivity contribution < 1.29 is 14.7 Å². The molecule has 2 amide bonds. The summed E-state index contributed by atoms with van der Waals surface area (Å²) in [6, 6.07) is -0.162. The zero-order valence-electron chi connectivity index (χ0n) is 10.3. The highest BCUT2D eigenvalue weighted by Crippen LogP contribution is 2.22. The molecule has 5 heteroatoms. The van der Waals surface area contributed by atoms with Gasteiger partial charge in [-0.15, -0.1) is 0 Å². The number of amides is 2. The van der Waals surface area contributed by atoms with Crippen molar-refractivity contribution in [2.24, 2.45) is 11.8 Å². The van der Waals surface area contributed by atoms with E-state index >= 15 is 0 Å². The quantitative estimate of drug-likeness (QED) is 0.575. The van der Waals surface area contributed by atoms with Crippen LogP contribution < -0.4 is 5.32 Å². The summed E-state index contributed by atoms with van der Waals surface area (Å²) in [5.41, 5.74) is 0. The van der Waals surface area contributed by atoms with Crippen LogP contribution >= 0.6 is 0 Å². The van der Waals surface area contributed by atoms with Gasteiger partial charge in [-0.1, -0.05) is 19.1 Å². The third kappa shape index (κ3) is 3.76. The number of aliphatic carboxylic acids is 1. The van der Waals surface area contributed by atoms with Crippen molar-refractivity contribution in [2.75, 3.05) is 19.6 Å². The van der Waals surface area contributed by atoms with Crippen LogP contribution in [0.3, 0.4) is 0 Å². The number of nitrogens with one attached hydrogen (secondary N) is 1. The zero-order chi connectivity index (χ0) is 12.8. The minimum absolute atomic E-state index is 0.0220.